The van der Waals surface area contributed by atoms with E-state index < -0.39 is 28.5 Å². The van der Waals surface area contributed by atoms with Crippen LogP contribution in [0, 0.1) is 10.1 Å². The van der Waals surface area contributed by atoms with E-state index in [9.17, 15) is 14.9 Å². The van der Waals surface area contributed by atoms with Gasteiger partial charge in [-0.25, -0.2) is 0 Å². The summed E-state index contributed by atoms with van der Waals surface area (Å²) in [6.45, 7) is 1.12. The molecule has 2 aromatic rings. The fourth-order valence-electron chi connectivity index (χ4n) is 4.23. The minimum absolute atomic E-state index is 0.404. The number of rotatable bonds is 3. The van der Waals surface area contributed by atoms with Gasteiger partial charge in [-0.15, -0.1) is 0 Å². The molecule has 3 atom stereocenters. The van der Waals surface area contributed by atoms with Crippen LogP contribution in [0.25, 0.3) is 0 Å². The quantitative estimate of drug-likeness (QED) is 0.687. The third kappa shape index (κ3) is 2.41. The predicted molar refractivity (Wildman–Crippen MR) is 92.4 cm³/mol. The largest absolute Gasteiger partial charge is 0.313 e. The molecule has 25 heavy (non-hydrogen) atoms. The number of hydrogen-bond acceptors (Lipinski definition) is 4. The summed E-state index contributed by atoms with van der Waals surface area (Å²) >= 11 is 0. The van der Waals surface area contributed by atoms with Crippen molar-refractivity contribution >= 4 is 5.91 Å². The van der Waals surface area contributed by atoms with Gasteiger partial charge in [0.25, 0.3) is 11.9 Å². The summed E-state index contributed by atoms with van der Waals surface area (Å²) in [6.07, 6.45) is 0.485. The number of fused-ring (bicyclic) bond motifs is 1. The van der Waals surface area contributed by atoms with Crippen LogP contribution >= 0.6 is 0 Å². The highest BCUT2D eigenvalue weighted by Gasteiger charge is 2.58. The second kappa shape index (κ2) is 5.97. The zero-order valence-corrected chi connectivity index (χ0v) is 13.7. The van der Waals surface area contributed by atoms with E-state index in [0.29, 0.717) is 19.5 Å². The molecule has 0 saturated carbocycles. The number of nitrogens with zero attached hydrogens (tertiary/aromatic N) is 2. The maximum Gasteiger partial charge on any atom is 0.299 e. The van der Waals surface area contributed by atoms with Crippen LogP contribution in [0.2, 0.25) is 0 Å². The highest BCUT2D eigenvalue weighted by molar-refractivity contribution is 5.84. The van der Waals surface area contributed by atoms with Gasteiger partial charge in [0.1, 0.15) is 5.66 Å². The van der Waals surface area contributed by atoms with E-state index in [1.165, 1.54) is 0 Å². The Labute approximate surface area is 145 Å². The number of nitrogens with one attached hydrogen (secondary N) is 1. The summed E-state index contributed by atoms with van der Waals surface area (Å²) in [4.78, 5) is 26.0. The average Bonchev–Trinajstić information content (AvgIpc) is 3.08. The molecular weight excluding hydrogens is 318 g/mol. The van der Waals surface area contributed by atoms with Crippen LogP contribution in [-0.4, -0.2) is 34.9 Å². The summed E-state index contributed by atoms with van der Waals surface area (Å²) in [5.74, 6) is -0.871. The van der Waals surface area contributed by atoms with Crippen molar-refractivity contribution in [1.82, 2.24) is 10.2 Å². The van der Waals surface area contributed by atoms with Crippen molar-refractivity contribution in [3.05, 3.63) is 81.9 Å². The fraction of sp³-hybridized carbons (Fsp3) is 0.316. The smallest absolute Gasteiger partial charge is 0.299 e. The van der Waals surface area contributed by atoms with Crippen LogP contribution in [0.3, 0.4) is 0 Å². The normalized spacial score (nSPS) is 28.6. The van der Waals surface area contributed by atoms with Gasteiger partial charge in [-0.2, -0.15) is 0 Å². The van der Waals surface area contributed by atoms with Gasteiger partial charge in [-0.05, 0) is 11.1 Å². The first-order valence-electron chi connectivity index (χ1n) is 8.44. The van der Waals surface area contributed by atoms with Crippen molar-refractivity contribution in [1.29, 1.82) is 0 Å². The maximum atomic E-state index is 13.1. The summed E-state index contributed by atoms with van der Waals surface area (Å²) in [6, 6.07) is 17.9. The van der Waals surface area contributed by atoms with Gasteiger partial charge in [0.05, 0.1) is 5.92 Å². The van der Waals surface area contributed by atoms with Gasteiger partial charge in [0.2, 0.25) is 0 Å². The molecule has 6 nitrogen and oxygen atoms in total. The Morgan fingerprint density at radius 2 is 1.72 bits per heavy atom. The van der Waals surface area contributed by atoms with Crippen LogP contribution in [0.15, 0.2) is 60.7 Å². The van der Waals surface area contributed by atoms with E-state index >= 15 is 0 Å². The SMILES string of the molecule is O=C1[C@H]([N+](=O)[O-])[C@@H](c2ccccc2)C[C@@]2(c3ccccc3)NCCN12. The molecule has 2 aliphatic rings. The average molecular weight is 337 g/mol. The Hall–Kier alpha value is -2.73. The molecular formula is C19H19N3O3. The van der Waals surface area contributed by atoms with Crippen LogP contribution in [-0.2, 0) is 10.5 Å². The lowest BCUT2D eigenvalue weighted by molar-refractivity contribution is -0.516. The molecule has 0 aromatic heterocycles. The molecule has 0 radical (unpaired) electrons. The summed E-state index contributed by atoms with van der Waals surface area (Å²) < 4.78 is 0. The first kappa shape index (κ1) is 15.8. The molecule has 0 aliphatic carbocycles. The van der Waals surface area contributed by atoms with E-state index in [1.807, 2.05) is 60.7 Å². The lowest BCUT2D eigenvalue weighted by atomic mass is 9.76. The number of carbonyl (C=O) groups excluding carboxylic acids is 1. The molecule has 6 heteroatoms. The van der Waals surface area contributed by atoms with Crippen LogP contribution in [0.1, 0.15) is 23.5 Å². The Morgan fingerprint density at radius 3 is 2.36 bits per heavy atom. The summed E-state index contributed by atoms with van der Waals surface area (Å²) in [7, 11) is 0. The van der Waals surface area contributed by atoms with Crippen molar-refractivity contribution in [2.24, 2.45) is 0 Å². The number of hydrogen-bond donors (Lipinski definition) is 1. The molecule has 0 bridgehead atoms. The van der Waals surface area contributed by atoms with Gasteiger partial charge in [0, 0.05) is 24.4 Å². The van der Waals surface area contributed by atoms with E-state index in [2.05, 4.69) is 5.32 Å². The molecule has 1 N–H and O–H groups in total. The number of amides is 1. The lowest BCUT2D eigenvalue weighted by Crippen LogP contribution is -2.62. The van der Waals surface area contributed by atoms with E-state index in [1.54, 1.807) is 4.90 Å². The van der Waals surface area contributed by atoms with Gasteiger partial charge in [-0.3, -0.25) is 20.2 Å². The number of benzene rings is 2. The number of carbonyl (C=O) groups is 1. The second-order valence-corrected chi connectivity index (χ2v) is 6.59. The van der Waals surface area contributed by atoms with Crippen LogP contribution in [0.4, 0.5) is 0 Å². The summed E-state index contributed by atoms with van der Waals surface area (Å²) in [5.41, 5.74) is 1.13. The van der Waals surface area contributed by atoms with E-state index in [-0.39, 0.29) is 0 Å². The molecule has 2 aliphatic heterocycles. The summed E-state index contributed by atoms with van der Waals surface area (Å²) in [5, 5.41) is 15.2. The second-order valence-electron chi connectivity index (χ2n) is 6.59. The Balaban J connectivity index is 1.84. The minimum atomic E-state index is -1.24. The van der Waals surface area contributed by atoms with Crippen molar-refractivity contribution in [3.8, 4) is 0 Å². The van der Waals surface area contributed by atoms with Crippen molar-refractivity contribution in [2.75, 3.05) is 13.1 Å². The Kier molecular flexibility index (Phi) is 3.77. The molecule has 2 saturated heterocycles. The number of nitro groups is 1. The zero-order chi connectivity index (χ0) is 17.4. The minimum Gasteiger partial charge on any atom is -0.313 e. The molecule has 1 amide bonds. The first-order valence-corrected chi connectivity index (χ1v) is 8.44. The van der Waals surface area contributed by atoms with Crippen molar-refractivity contribution in [3.63, 3.8) is 0 Å². The molecule has 4 rings (SSSR count). The first-order chi connectivity index (χ1) is 12.1. The molecule has 2 heterocycles. The monoisotopic (exact) mass is 337 g/mol. The molecule has 128 valence electrons. The third-order valence-corrected chi connectivity index (χ3v) is 5.34. The highest BCUT2D eigenvalue weighted by atomic mass is 16.6. The van der Waals surface area contributed by atoms with E-state index in [4.69, 9.17) is 0 Å². The highest BCUT2D eigenvalue weighted by Crippen LogP contribution is 2.45. The predicted octanol–water partition coefficient (Wildman–Crippen LogP) is 2.10. The molecule has 2 fully saturated rings. The number of piperidine rings is 1. The Bertz CT molecular complexity index is 796. The standard InChI is InChI=1S/C19H19N3O3/c23-18-17(22(24)25)16(14-7-3-1-4-8-14)13-19(20-11-12-21(18)19)15-9-5-2-6-10-15/h1-10,16-17,20H,11-13H2/t16-,17-,19-/m1/s1. The molecule has 0 unspecified atom stereocenters. The topological polar surface area (TPSA) is 75.5 Å². The zero-order valence-electron chi connectivity index (χ0n) is 13.7. The Morgan fingerprint density at radius 1 is 1.08 bits per heavy atom. The van der Waals surface area contributed by atoms with Crippen LogP contribution in [0.5, 0.6) is 0 Å². The maximum absolute atomic E-state index is 13.1. The third-order valence-electron chi connectivity index (χ3n) is 5.34. The fourth-order valence-corrected chi connectivity index (χ4v) is 4.23. The lowest BCUT2D eigenvalue weighted by Gasteiger charge is -2.46. The van der Waals surface area contributed by atoms with Gasteiger partial charge >= 0.3 is 0 Å². The molecule has 2 aromatic carbocycles. The van der Waals surface area contributed by atoms with Gasteiger partial charge in [-0.1, -0.05) is 60.7 Å². The van der Waals surface area contributed by atoms with Crippen molar-refractivity contribution < 1.29 is 9.72 Å². The van der Waals surface area contributed by atoms with Crippen molar-refractivity contribution in [2.45, 2.75) is 24.0 Å². The molecule has 0 spiro atoms. The van der Waals surface area contributed by atoms with Gasteiger partial charge in [0.15, 0.2) is 0 Å². The van der Waals surface area contributed by atoms with Crippen LogP contribution < -0.4 is 5.32 Å². The van der Waals surface area contributed by atoms with E-state index in [0.717, 1.165) is 11.1 Å². The van der Waals surface area contributed by atoms with Gasteiger partial charge < -0.3 is 4.90 Å².